The predicted octanol–water partition coefficient (Wildman–Crippen LogP) is 1.97. The molecule has 1 aromatic heterocycles. The van der Waals surface area contributed by atoms with E-state index in [1.807, 2.05) is 37.3 Å². The van der Waals surface area contributed by atoms with Gasteiger partial charge in [0.1, 0.15) is 0 Å². The van der Waals surface area contributed by atoms with Crippen LogP contribution in [0.3, 0.4) is 0 Å². The lowest BCUT2D eigenvalue weighted by atomic mass is 10.0. The Morgan fingerprint density at radius 2 is 2.04 bits per heavy atom. The molecule has 3 rings (SSSR count). The molecule has 0 aliphatic carbocycles. The second-order valence-corrected chi connectivity index (χ2v) is 8.26. The quantitative estimate of drug-likeness (QED) is 0.632. The van der Waals surface area contributed by atoms with Gasteiger partial charge in [0.2, 0.25) is 15.9 Å². The molecule has 1 aliphatic heterocycles. The van der Waals surface area contributed by atoms with Crippen molar-refractivity contribution in [2.75, 3.05) is 25.4 Å². The Bertz CT molecular complexity index is 770. The van der Waals surface area contributed by atoms with E-state index in [2.05, 4.69) is 10.1 Å². The first-order valence-corrected chi connectivity index (χ1v) is 10.1. The van der Waals surface area contributed by atoms with Crippen LogP contribution in [0.1, 0.15) is 36.5 Å². The van der Waals surface area contributed by atoms with Gasteiger partial charge in [-0.25, -0.2) is 12.7 Å². The molecule has 0 spiro atoms. The first kappa shape index (κ1) is 18.0. The molecule has 0 N–H and O–H groups in total. The first-order valence-electron chi connectivity index (χ1n) is 8.50. The van der Waals surface area contributed by atoms with Crippen LogP contribution in [0.5, 0.6) is 0 Å². The van der Waals surface area contributed by atoms with Crippen LogP contribution in [-0.4, -0.2) is 48.3 Å². The second kappa shape index (κ2) is 8.07. The van der Waals surface area contributed by atoms with Crippen LogP contribution >= 0.6 is 0 Å². The number of hydrogen-bond acceptors (Lipinski definition) is 6. The van der Waals surface area contributed by atoms with Gasteiger partial charge in [0.05, 0.1) is 24.9 Å². The number of benzene rings is 1. The Morgan fingerprint density at radius 3 is 2.76 bits per heavy atom. The van der Waals surface area contributed by atoms with Crippen molar-refractivity contribution in [3.8, 4) is 0 Å². The van der Waals surface area contributed by atoms with Gasteiger partial charge in [-0.3, -0.25) is 0 Å². The summed E-state index contributed by atoms with van der Waals surface area (Å²) >= 11 is 0. The summed E-state index contributed by atoms with van der Waals surface area (Å²) in [5.41, 5.74) is 1.12. The zero-order valence-corrected chi connectivity index (χ0v) is 15.1. The fraction of sp³-hybridized carbons (Fsp3) is 0.529. The van der Waals surface area contributed by atoms with E-state index in [4.69, 9.17) is 9.26 Å². The van der Waals surface area contributed by atoms with E-state index < -0.39 is 10.0 Å². The monoisotopic (exact) mass is 365 g/mol. The number of aromatic nitrogens is 2. The van der Waals surface area contributed by atoms with Crippen LogP contribution in [0.15, 0.2) is 34.9 Å². The molecule has 7 nitrogen and oxygen atoms in total. The number of sulfonamides is 1. The van der Waals surface area contributed by atoms with Gasteiger partial charge in [0.15, 0.2) is 5.82 Å². The molecule has 0 atom stereocenters. The van der Waals surface area contributed by atoms with E-state index in [1.165, 1.54) is 4.31 Å². The molecule has 0 saturated carbocycles. The van der Waals surface area contributed by atoms with Crippen molar-refractivity contribution in [3.05, 3.63) is 47.6 Å². The summed E-state index contributed by atoms with van der Waals surface area (Å²) < 4.78 is 36.2. The Hall–Kier alpha value is -1.77. The minimum Gasteiger partial charge on any atom is -0.376 e. The van der Waals surface area contributed by atoms with Crippen molar-refractivity contribution in [1.29, 1.82) is 0 Å². The topological polar surface area (TPSA) is 85.5 Å². The second-order valence-electron chi connectivity index (χ2n) is 6.17. The van der Waals surface area contributed by atoms with Crippen LogP contribution < -0.4 is 0 Å². The summed E-state index contributed by atoms with van der Waals surface area (Å²) in [5, 5.41) is 3.95. The number of hydrogen-bond donors (Lipinski definition) is 0. The molecular formula is C17H23N3O4S. The van der Waals surface area contributed by atoms with Crippen molar-refractivity contribution in [2.45, 2.75) is 32.3 Å². The molecular weight excluding hydrogens is 342 g/mol. The molecule has 25 heavy (non-hydrogen) atoms. The highest BCUT2D eigenvalue weighted by Gasteiger charge is 2.39. The van der Waals surface area contributed by atoms with E-state index in [0.29, 0.717) is 50.9 Å². The number of ether oxygens (including phenoxy) is 1. The fourth-order valence-electron chi connectivity index (χ4n) is 2.67. The van der Waals surface area contributed by atoms with Crippen LogP contribution in [-0.2, 0) is 27.8 Å². The Labute approximate surface area is 148 Å². The highest BCUT2D eigenvalue weighted by atomic mass is 32.2. The molecule has 136 valence electrons. The van der Waals surface area contributed by atoms with Crippen molar-refractivity contribution in [2.24, 2.45) is 0 Å². The Morgan fingerprint density at radius 1 is 1.28 bits per heavy atom. The molecule has 1 fully saturated rings. The Kier molecular flexibility index (Phi) is 5.82. The highest BCUT2D eigenvalue weighted by Crippen LogP contribution is 2.28. The minimum atomic E-state index is -3.13. The third-order valence-electron chi connectivity index (χ3n) is 4.12. The zero-order valence-electron chi connectivity index (χ0n) is 14.3. The summed E-state index contributed by atoms with van der Waals surface area (Å²) in [4.78, 5) is 4.36. The maximum absolute atomic E-state index is 11.9. The molecule has 1 aromatic carbocycles. The predicted molar refractivity (Wildman–Crippen MR) is 92.5 cm³/mol. The Balaban J connectivity index is 1.41. The molecule has 2 heterocycles. The maximum atomic E-state index is 11.9. The third-order valence-corrected chi connectivity index (χ3v) is 6.13. The van der Waals surface area contributed by atoms with Crippen molar-refractivity contribution in [3.63, 3.8) is 0 Å². The normalized spacial score (nSPS) is 16.0. The summed E-state index contributed by atoms with van der Waals surface area (Å²) in [6.45, 7) is 3.77. The molecule has 0 unspecified atom stereocenters. The average Bonchev–Trinajstić information content (AvgIpc) is 2.99. The van der Waals surface area contributed by atoms with Gasteiger partial charge in [-0.2, -0.15) is 4.98 Å². The van der Waals surface area contributed by atoms with Gasteiger partial charge in [-0.15, -0.1) is 0 Å². The van der Waals surface area contributed by atoms with Crippen LogP contribution in [0.25, 0.3) is 0 Å². The van der Waals surface area contributed by atoms with Crippen molar-refractivity contribution < 1.29 is 17.7 Å². The summed E-state index contributed by atoms with van der Waals surface area (Å²) in [7, 11) is -3.13. The van der Waals surface area contributed by atoms with Crippen molar-refractivity contribution in [1.82, 2.24) is 14.4 Å². The van der Waals surface area contributed by atoms with Crippen LogP contribution in [0.4, 0.5) is 0 Å². The lowest BCUT2D eigenvalue weighted by molar-refractivity contribution is 0.122. The largest absolute Gasteiger partial charge is 0.376 e. The van der Waals surface area contributed by atoms with E-state index >= 15 is 0 Å². The minimum absolute atomic E-state index is 0.00174. The maximum Gasteiger partial charge on any atom is 0.232 e. The molecule has 1 aliphatic rings. The van der Waals surface area contributed by atoms with Gasteiger partial charge >= 0.3 is 0 Å². The van der Waals surface area contributed by atoms with E-state index in [-0.39, 0.29) is 11.7 Å². The van der Waals surface area contributed by atoms with Gasteiger partial charge in [0, 0.05) is 19.5 Å². The molecule has 0 radical (unpaired) electrons. The fourth-order valence-corrected chi connectivity index (χ4v) is 4.26. The number of rotatable bonds is 9. The van der Waals surface area contributed by atoms with Gasteiger partial charge < -0.3 is 9.26 Å². The van der Waals surface area contributed by atoms with Crippen molar-refractivity contribution >= 4 is 10.0 Å². The summed E-state index contributed by atoms with van der Waals surface area (Å²) in [6, 6.07) is 9.96. The van der Waals surface area contributed by atoms with E-state index in [9.17, 15) is 8.42 Å². The first-order chi connectivity index (χ1) is 12.1. The lowest BCUT2D eigenvalue weighted by Gasteiger charge is -2.35. The van der Waals surface area contributed by atoms with E-state index in [0.717, 1.165) is 5.56 Å². The van der Waals surface area contributed by atoms with Crippen LogP contribution in [0, 0.1) is 0 Å². The molecule has 0 bridgehead atoms. The molecule has 2 aromatic rings. The molecule has 1 saturated heterocycles. The third kappa shape index (κ3) is 4.65. The highest BCUT2D eigenvalue weighted by molar-refractivity contribution is 7.89. The van der Waals surface area contributed by atoms with Gasteiger partial charge in [-0.05, 0) is 12.0 Å². The SMILES string of the molecule is CCCS(=O)(=O)N1CC(c2nc(CCOCc3ccccc3)no2)C1. The molecule has 8 heteroatoms. The zero-order chi connectivity index (χ0) is 17.7. The standard InChI is InChI=1S/C17H23N3O4S/c1-2-10-25(21,22)20-11-15(12-20)17-18-16(19-24-17)8-9-23-13-14-6-4-3-5-7-14/h3-7,15H,2,8-13H2,1H3. The number of nitrogens with zero attached hydrogens (tertiary/aromatic N) is 3. The summed E-state index contributed by atoms with van der Waals surface area (Å²) in [6.07, 6.45) is 1.19. The average molecular weight is 365 g/mol. The summed E-state index contributed by atoms with van der Waals surface area (Å²) in [5.74, 6) is 1.30. The molecule has 0 amide bonds. The van der Waals surface area contributed by atoms with Crippen LogP contribution in [0.2, 0.25) is 0 Å². The van der Waals surface area contributed by atoms with E-state index in [1.54, 1.807) is 0 Å². The van der Waals surface area contributed by atoms with Gasteiger partial charge in [0.25, 0.3) is 0 Å². The van der Waals surface area contributed by atoms with Gasteiger partial charge in [-0.1, -0.05) is 42.4 Å². The smallest absolute Gasteiger partial charge is 0.232 e. The lowest BCUT2D eigenvalue weighted by Crippen LogP contribution is -2.49.